The van der Waals surface area contributed by atoms with E-state index in [1.54, 1.807) is 25.1 Å². The molecule has 152 valence electrons. The molecule has 0 aromatic heterocycles. The summed E-state index contributed by atoms with van der Waals surface area (Å²) in [6.45, 7) is 6.30. The van der Waals surface area contributed by atoms with Crippen LogP contribution < -0.4 is 14.8 Å². The molecule has 0 bridgehead atoms. The Morgan fingerprint density at radius 3 is 2.39 bits per heavy atom. The molecule has 0 saturated heterocycles. The fourth-order valence-corrected chi connectivity index (χ4v) is 3.30. The number of hydrogen-bond donors (Lipinski definition) is 2. The van der Waals surface area contributed by atoms with Crippen molar-refractivity contribution in [3.8, 4) is 5.75 Å². The first-order chi connectivity index (χ1) is 13.1. The molecule has 2 aromatic carbocycles. The van der Waals surface area contributed by atoms with E-state index in [0.29, 0.717) is 17.8 Å². The maximum Gasteiger partial charge on any atom is 0.251 e. The highest BCUT2D eigenvalue weighted by atomic mass is 32.2. The number of sulfonamides is 1. The van der Waals surface area contributed by atoms with Crippen LogP contribution in [0.5, 0.6) is 5.75 Å². The topological polar surface area (TPSA) is 84.5 Å². The van der Waals surface area contributed by atoms with Crippen molar-refractivity contribution >= 4 is 21.6 Å². The Hall–Kier alpha value is -2.54. The summed E-state index contributed by atoms with van der Waals surface area (Å²) >= 11 is 0. The summed E-state index contributed by atoms with van der Waals surface area (Å²) in [5.41, 5.74) is 2.78. The van der Waals surface area contributed by atoms with Gasteiger partial charge in [-0.2, -0.15) is 0 Å². The van der Waals surface area contributed by atoms with Crippen LogP contribution in [0.3, 0.4) is 0 Å². The molecular formula is C21H28N2O4S. The number of hydrogen-bond acceptors (Lipinski definition) is 4. The Morgan fingerprint density at radius 1 is 1.11 bits per heavy atom. The quantitative estimate of drug-likeness (QED) is 0.627. The predicted molar refractivity (Wildman–Crippen MR) is 113 cm³/mol. The van der Waals surface area contributed by atoms with Gasteiger partial charge in [0.25, 0.3) is 5.91 Å². The number of rotatable bonds is 9. The van der Waals surface area contributed by atoms with Crippen LogP contribution in [-0.2, 0) is 16.4 Å². The van der Waals surface area contributed by atoms with Crippen LogP contribution in [0.2, 0.25) is 0 Å². The number of amides is 1. The maximum absolute atomic E-state index is 12.3. The predicted octanol–water partition coefficient (Wildman–Crippen LogP) is 3.52. The number of carbonyl (C=O) groups is 1. The molecule has 0 heterocycles. The highest BCUT2D eigenvalue weighted by Gasteiger charge is 2.10. The second-order valence-electron chi connectivity index (χ2n) is 7.07. The SMILES string of the molecule is Cc1ccc(C(=O)NCCCc2ccc(OC(C)C)cc2)cc1NS(C)(=O)=O. The lowest BCUT2D eigenvalue weighted by Crippen LogP contribution is -2.25. The Morgan fingerprint density at radius 2 is 1.79 bits per heavy atom. The van der Waals surface area contributed by atoms with Gasteiger partial charge in [0.1, 0.15) is 5.75 Å². The van der Waals surface area contributed by atoms with Gasteiger partial charge in [0.15, 0.2) is 0 Å². The third-order valence-corrected chi connectivity index (χ3v) is 4.61. The van der Waals surface area contributed by atoms with E-state index in [0.717, 1.165) is 30.4 Å². The van der Waals surface area contributed by atoms with Gasteiger partial charge in [-0.25, -0.2) is 8.42 Å². The fraction of sp³-hybridized carbons (Fsp3) is 0.381. The van der Waals surface area contributed by atoms with Gasteiger partial charge in [0.05, 0.1) is 18.0 Å². The molecule has 0 radical (unpaired) electrons. The lowest BCUT2D eigenvalue weighted by molar-refractivity contribution is 0.0953. The molecule has 0 fully saturated rings. The maximum atomic E-state index is 12.3. The number of benzene rings is 2. The molecule has 2 aromatic rings. The summed E-state index contributed by atoms with van der Waals surface area (Å²) in [4.78, 5) is 12.3. The van der Waals surface area contributed by atoms with Crippen molar-refractivity contribution in [2.75, 3.05) is 17.5 Å². The first kappa shape index (κ1) is 21.8. The molecule has 0 aliphatic rings. The molecule has 0 unspecified atom stereocenters. The van der Waals surface area contributed by atoms with Crippen molar-refractivity contribution in [1.82, 2.24) is 5.32 Å². The molecule has 0 spiro atoms. The Labute approximate surface area is 167 Å². The van der Waals surface area contributed by atoms with Gasteiger partial charge in [0.2, 0.25) is 10.0 Å². The van der Waals surface area contributed by atoms with Gasteiger partial charge in [-0.3, -0.25) is 9.52 Å². The van der Waals surface area contributed by atoms with E-state index in [-0.39, 0.29) is 12.0 Å². The van der Waals surface area contributed by atoms with E-state index in [2.05, 4.69) is 10.0 Å². The summed E-state index contributed by atoms with van der Waals surface area (Å²) in [6, 6.07) is 12.9. The molecule has 6 nitrogen and oxygen atoms in total. The van der Waals surface area contributed by atoms with Crippen molar-refractivity contribution in [3.05, 3.63) is 59.2 Å². The van der Waals surface area contributed by atoms with E-state index in [1.165, 1.54) is 5.56 Å². The van der Waals surface area contributed by atoms with Crippen molar-refractivity contribution < 1.29 is 17.9 Å². The van der Waals surface area contributed by atoms with Crippen molar-refractivity contribution in [2.24, 2.45) is 0 Å². The van der Waals surface area contributed by atoms with Gasteiger partial charge in [-0.15, -0.1) is 0 Å². The zero-order valence-corrected chi connectivity index (χ0v) is 17.6. The van der Waals surface area contributed by atoms with Gasteiger partial charge >= 0.3 is 0 Å². The largest absolute Gasteiger partial charge is 0.491 e. The van der Waals surface area contributed by atoms with Gasteiger partial charge in [0, 0.05) is 12.1 Å². The summed E-state index contributed by atoms with van der Waals surface area (Å²) in [7, 11) is -3.39. The molecule has 0 aliphatic carbocycles. The standard InChI is InChI=1S/C21H28N2O4S/c1-15(2)27-19-11-8-17(9-12-19)6-5-13-22-21(24)18-10-7-16(3)20(14-18)23-28(4,25)26/h7-12,14-15,23H,5-6,13H2,1-4H3,(H,22,24). The average molecular weight is 405 g/mol. The molecule has 7 heteroatoms. The minimum atomic E-state index is -3.39. The van der Waals surface area contributed by atoms with Gasteiger partial charge in [-0.1, -0.05) is 18.2 Å². The molecule has 0 aliphatic heterocycles. The number of ether oxygens (including phenoxy) is 1. The smallest absolute Gasteiger partial charge is 0.251 e. The zero-order valence-electron chi connectivity index (χ0n) is 16.8. The van der Waals surface area contributed by atoms with Gasteiger partial charge < -0.3 is 10.1 Å². The van der Waals surface area contributed by atoms with E-state index >= 15 is 0 Å². The summed E-state index contributed by atoms with van der Waals surface area (Å²) in [5, 5.41) is 2.88. The van der Waals surface area contributed by atoms with Crippen LogP contribution in [0.4, 0.5) is 5.69 Å². The second-order valence-corrected chi connectivity index (χ2v) is 8.82. The Balaban J connectivity index is 1.85. The summed E-state index contributed by atoms with van der Waals surface area (Å²) in [5.74, 6) is 0.627. The molecule has 0 saturated carbocycles. The third kappa shape index (κ3) is 7.23. The molecule has 2 N–H and O–H groups in total. The Kier molecular flexibility index (Phi) is 7.45. The molecule has 28 heavy (non-hydrogen) atoms. The van der Waals surface area contributed by atoms with E-state index < -0.39 is 10.0 Å². The first-order valence-corrected chi connectivity index (χ1v) is 11.2. The van der Waals surface area contributed by atoms with Gasteiger partial charge in [-0.05, 0) is 69.0 Å². The average Bonchev–Trinajstić information content (AvgIpc) is 2.60. The normalized spacial score (nSPS) is 11.3. The second kappa shape index (κ2) is 9.59. The summed E-state index contributed by atoms with van der Waals surface area (Å²) < 4.78 is 30.9. The first-order valence-electron chi connectivity index (χ1n) is 9.26. The molecule has 2 rings (SSSR count). The highest BCUT2D eigenvalue weighted by Crippen LogP contribution is 2.18. The van der Waals surface area contributed by atoms with E-state index in [9.17, 15) is 13.2 Å². The molecule has 1 amide bonds. The van der Waals surface area contributed by atoms with Crippen LogP contribution in [0.1, 0.15) is 41.8 Å². The number of anilines is 1. The number of carbonyl (C=O) groups excluding carboxylic acids is 1. The van der Waals surface area contributed by atoms with Crippen LogP contribution in [0, 0.1) is 6.92 Å². The van der Waals surface area contributed by atoms with Crippen LogP contribution in [-0.4, -0.2) is 33.2 Å². The fourth-order valence-electron chi connectivity index (χ4n) is 2.68. The van der Waals surface area contributed by atoms with Crippen LogP contribution in [0.25, 0.3) is 0 Å². The minimum absolute atomic E-state index is 0.149. The monoisotopic (exact) mass is 404 g/mol. The lowest BCUT2D eigenvalue weighted by Gasteiger charge is -2.11. The molecule has 0 atom stereocenters. The van der Waals surface area contributed by atoms with E-state index in [4.69, 9.17) is 4.74 Å². The van der Waals surface area contributed by atoms with Crippen molar-refractivity contribution in [2.45, 2.75) is 39.7 Å². The van der Waals surface area contributed by atoms with E-state index in [1.807, 2.05) is 38.1 Å². The lowest BCUT2D eigenvalue weighted by atomic mass is 10.1. The minimum Gasteiger partial charge on any atom is -0.491 e. The van der Waals surface area contributed by atoms with Crippen molar-refractivity contribution in [3.63, 3.8) is 0 Å². The van der Waals surface area contributed by atoms with Crippen molar-refractivity contribution in [1.29, 1.82) is 0 Å². The summed E-state index contributed by atoms with van der Waals surface area (Å²) in [6.07, 6.45) is 2.88. The van der Waals surface area contributed by atoms with Crippen LogP contribution >= 0.6 is 0 Å². The third-order valence-electron chi connectivity index (χ3n) is 4.02. The van der Waals surface area contributed by atoms with Crippen LogP contribution in [0.15, 0.2) is 42.5 Å². The number of aryl methyl sites for hydroxylation is 2. The zero-order chi connectivity index (χ0) is 20.7. The number of nitrogens with one attached hydrogen (secondary N) is 2. The molecular weight excluding hydrogens is 376 g/mol. The highest BCUT2D eigenvalue weighted by molar-refractivity contribution is 7.92. The Bertz CT molecular complexity index is 907.